The second-order valence-electron chi connectivity index (χ2n) is 4.14. The van der Waals surface area contributed by atoms with Gasteiger partial charge >= 0.3 is 5.97 Å². The van der Waals surface area contributed by atoms with Crippen molar-refractivity contribution in [1.29, 1.82) is 0 Å². The smallest absolute Gasteiger partial charge is 0.349 e. The second-order valence-corrected chi connectivity index (χ2v) is 6.79. The average molecular weight is 329 g/mol. The predicted molar refractivity (Wildman–Crippen MR) is 77.8 cm³/mol. The molecule has 9 heteroatoms. The lowest BCUT2D eigenvalue weighted by molar-refractivity contribution is 0.0602. The maximum absolute atomic E-state index is 12.2. The lowest BCUT2D eigenvalue weighted by Gasteiger charge is -2.06. The number of nitrogens with one attached hydrogen (secondary N) is 2. The summed E-state index contributed by atoms with van der Waals surface area (Å²) in [6.45, 7) is 0.263. The van der Waals surface area contributed by atoms with Crippen molar-refractivity contribution in [3.8, 4) is 0 Å². The zero-order chi connectivity index (χ0) is 15.3. The van der Waals surface area contributed by atoms with Crippen LogP contribution in [0, 0.1) is 0 Å². The number of hydrogen-bond donors (Lipinski definition) is 2. The third-order valence-corrected chi connectivity index (χ3v) is 5.25. The highest BCUT2D eigenvalue weighted by Gasteiger charge is 2.24. The number of thiophene rings is 1. The molecule has 0 fully saturated rings. The number of hydrogen-bond acceptors (Lipinski definition) is 6. The molecule has 2 N–H and O–H groups in total. The molecule has 0 spiro atoms. The summed E-state index contributed by atoms with van der Waals surface area (Å²) in [5.41, 5.74) is 0. The van der Waals surface area contributed by atoms with E-state index in [0.29, 0.717) is 12.8 Å². The molecule has 0 bridgehead atoms. The van der Waals surface area contributed by atoms with Crippen molar-refractivity contribution in [3.63, 3.8) is 0 Å². The second kappa shape index (κ2) is 6.83. The number of sulfonamides is 1. The molecule has 0 atom stereocenters. The van der Waals surface area contributed by atoms with Crippen LogP contribution in [0.3, 0.4) is 0 Å². The Morgan fingerprint density at radius 3 is 3.00 bits per heavy atom. The summed E-state index contributed by atoms with van der Waals surface area (Å²) in [5.74, 6) is 0.154. The first-order valence-corrected chi connectivity index (χ1v) is 8.54. The van der Waals surface area contributed by atoms with Crippen LogP contribution in [0.1, 0.15) is 21.9 Å². The normalized spacial score (nSPS) is 11.5. The van der Waals surface area contributed by atoms with Crippen LogP contribution in [-0.4, -0.2) is 38.0 Å². The summed E-state index contributed by atoms with van der Waals surface area (Å²) in [7, 11) is -2.50. The Hall–Kier alpha value is -1.71. The van der Waals surface area contributed by atoms with Gasteiger partial charge in [-0.25, -0.2) is 22.9 Å². The van der Waals surface area contributed by atoms with E-state index in [1.807, 2.05) is 0 Å². The molecule has 0 aliphatic heterocycles. The van der Waals surface area contributed by atoms with Gasteiger partial charge in [-0.1, -0.05) is 0 Å². The van der Waals surface area contributed by atoms with Crippen molar-refractivity contribution in [2.24, 2.45) is 0 Å². The number of carbonyl (C=O) groups is 1. The summed E-state index contributed by atoms with van der Waals surface area (Å²) < 4.78 is 31.4. The minimum Gasteiger partial charge on any atom is -0.465 e. The van der Waals surface area contributed by atoms with Crippen LogP contribution in [0.2, 0.25) is 0 Å². The molecule has 0 aliphatic carbocycles. The molecule has 0 saturated heterocycles. The van der Waals surface area contributed by atoms with Crippen molar-refractivity contribution in [2.75, 3.05) is 13.7 Å². The molecule has 21 heavy (non-hydrogen) atoms. The fourth-order valence-corrected chi connectivity index (χ4v) is 4.13. The summed E-state index contributed by atoms with van der Waals surface area (Å²) in [4.78, 5) is 18.5. The lowest BCUT2D eigenvalue weighted by Crippen LogP contribution is -2.26. The Morgan fingerprint density at radius 1 is 1.52 bits per heavy atom. The zero-order valence-corrected chi connectivity index (χ0v) is 13.0. The highest BCUT2D eigenvalue weighted by atomic mass is 32.2. The quantitative estimate of drug-likeness (QED) is 0.586. The van der Waals surface area contributed by atoms with Crippen LogP contribution in [-0.2, 0) is 21.2 Å². The standard InChI is InChI=1S/C12H15N3O4S2/c1-19-12(16)11-9(4-8-20-11)21(17,18)15-5-2-3-10-13-6-7-14-10/h4,6-8,15H,2-3,5H2,1H3,(H,13,14). The van der Waals surface area contributed by atoms with Crippen molar-refractivity contribution < 1.29 is 17.9 Å². The highest BCUT2D eigenvalue weighted by Crippen LogP contribution is 2.22. The van der Waals surface area contributed by atoms with Gasteiger partial charge < -0.3 is 9.72 Å². The fraction of sp³-hybridized carbons (Fsp3) is 0.333. The number of imidazole rings is 1. The van der Waals surface area contributed by atoms with E-state index < -0.39 is 16.0 Å². The maximum atomic E-state index is 12.2. The third kappa shape index (κ3) is 3.90. The molecule has 114 valence electrons. The zero-order valence-electron chi connectivity index (χ0n) is 11.3. The Balaban J connectivity index is 1.95. The number of methoxy groups -OCH3 is 1. The van der Waals surface area contributed by atoms with Gasteiger partial charge in [0.25, 0.3) is 0 Å². The van der Waals surface area contributed by atoms with E-state index in [4.69, 9.17) is 0 Å². The number of ether oxygens (including phenoxy) is 1. The molecule has 2 heterocycles. The number of nitrogens with zero attached hydrogens (tertiary/aromatic N) is 1. The average Bonchev–Trinajstić information content (AvgIpc) is 3.13. The van der Waals surface area contributed by atoms with E-state index in [1.165, 1.54) is 13.2 Å². The molecule has 0 amide bonds. The van der Waals surface area contributed by atoms with Crippen molar-refractivity contribution in [2.45, 2.75) is 17.7 Å². The van der Waals surface area contributed by atoms with Gasteiger partial charge in [0.2, 0.25) is 10.0 Å². The van der Waals surface area contributed by atoms with E-state index in [0.717, 1.165) is 17.2 Å². The first-order chi connectivity index (χ1) is 10.0. The number of aromatic nitrogens is 2. The SMILES string of the molecule is COC(=O)c1sccc1S(=O)(=O)NCCCc1ncc[nH]1. The van der Waals surface area contributed by atoms with Crippen LogP contribution < -0.4 is 4.72 Å². The summed E-state index contributed by atoms with van der Waals surface area (Å²) in [6.07, 6.45) is 4.61. The van der Waals surface area contributed by atoms with Crippen molar-refractivity contribution in [1.82, 2.24) is 14.7 Å². The third-order valence-electron chi connectivity index (χ3n) is 2.73. The van der Waals surface area contributed by atoms with Crippen LogP contribution in [0.4, 0.5) is 0 Å². The highest BCUT2D eigenvalue weighted by molar-refractivity contribution is 7.89. The molecule has 2 aromatic rings. The first-order valence-electron chi connectivity index (χ1n) is 6.18. The van der Waals surface area contributed by atoms with Gasteiger partial charge in [0.1, 0.15) is 15.6 Å². The topological polar surface area (TPSA) is 101 Å². The van der Waals surface area contributed by atoms with Gasteiger partial charge in [-0.2, -0.15) is 0 Å². The van der Waals surface area contributed by atoms with Crippen molar-refractivity contribution in [3.05, 3.63) is 34.5 Å². The van der Waals surface area contributed by atoms with Gasteiger partial charge in [-0.15, -0.1) is 11.3 Å². The van der Waals surface area contributed by atoms with E-state index in [-0.39, 0.29) is 16.3 Å². The van der Waals surface area contributed by atoms with Crippen LogP contribution in [0.25, 0.3) is 0 Å². The Labute approximate surface area is 126 Å². The maximum Gasteiger partial charge on any atom is 0.349 e. The van der Waals surface area contributed by atoms with Crippen LogP contribution in [0.5, 0.6) is 0 Å². The van der Waals surface area contributed by atoms with E-state index >= 15 is 0 Å². The van der Waals surface area contributed by atoms with Gasteiger partial charge in [-0.3, -0.25) is 0 Å². The fourth-order valence-electron chi connectivity index (χ4n) is 1.73. The molecule has 0 unspecified atom stereocenters. The molecule has 0 radical (unpaired) electrons. The van der Waals surface area contributed by atoms with Gasteiger partial charge in [-0.05, 0) is 17.9 Å². The monoisotopic (exact) mass is 329 g/mol. The van der Waals surface area contributed by atoms with E-state index in [2.05, 4.69) is 19.4 Å². The molecule has 0 aliphatic rings. The number of carbonyl (C=O) groups excluding carboxylic acids is 1. The number of esters is 1. The molecule has 0 aromatic carbocycles. The molecule has 7 nitrogen and oxygen atoms in total. The Bertz CT molecular complexity index is 692. The minimum atomic E-state index is -3.71. The summed E-state index contributed by atoms with van der Waals surface area (Å²) in [6, 6.07) is 1.39. The van der Waals surface area contributed by atoms with E-state index in [9.17, 15) is 13.2 Å². The molecule has 2 rings (SSSR count). The summed E-state index contributed by atoms with van der Waals surface area (Å²) in [5, 5.41) is 1.55. The van der Waals surface area contributed by atoms with Crippen LogP contribution in [0.15, 0.2) is 28.7 Å². The number of H-pyrrole nitrogens is 1. The number of aryl methyl sites for hydroxylation is 1. The van der Waals surface area contributed by atoms with Gasteiger partial charge in [0.05, 0.1) is 7.11 Å². The summed E-state index contributed by atoms with van der Waals surface area (Å²) >= 11 is 1.04. The number of rotatable bonds is 7. The largest absolute Gasteiger partial charge is 0.465 e. The molecular weight excluding hydrogens is 314 g/mol. The molecule has 2 aromatic heterocycles. The van der Waals surface area contributed by atoms with Crippen molar-refractivity contribution >= 4 is 27.3 Å². The Kier molecular flexibility index (Phi) is 5.10. The molecule has 0 saturated carbocycles. The van der Waals surface area contributed by atoms with Gasteiger partial charge in [0, 0.05) is 25.4 Å². The number of aromatic amines is 1. The molecular formula is C12H15N3O4S2. The minimum absolute atomic E-state index is 0.0441. The lowest BCUT2D eigenvalue weighted by atomic mass is 10.3. The van der Waals surface area contributed by atoms with Gasteiger partial charge in [0.15, 0.2) is 0 Å². The predicted octanol–water partition coefficient (Wildman–Crippen LogP) is 1.17. The first kappa shape index (κ1) is 15.7. The Morgan fingerprint density at radius 2 is 2.33 bits per heavy atom. The van der Waals surface area contributed by atoms with E-state index in [1.54, 1.807) is 17.8 Å². The van der Waals surface area contributed by atoms with Crippen LogP contribution >= 0.6 is 11.3 Å².